The Kier molecular flexibility index (Phi) is 4.61. The predicted octanol–water partition coefficient (Wildman–Crippen LogP) is 3.53. The number of para-hydroxylation sites is 1. The molecule has 1 aliphatic rings. The van der Waals surface area contributed by atoms with Crippen molar-refractivity contribution in [3.8, 4) is 11.5 Å². The summed E-state index contributed by atoms with van der Waals surface area (Å²) in [5.74, 6) is 1.59. The van der Waals surface area contributed by atoms with Gasteiger partial charge < -0.3 is 14.8 Å². The molecule has 7 nitrogen and oxygen atoms in total. The largest absolute Gasteiger partial charge is 0.490 e. The van der Waals surface area contributed by atoms with Crippen molar-refractivity contribution in [1.82, 2.24) is 4.98 Å². The number of hydrogen-bond donors (Lipinski definition) is 1. The van der Waals surface area contributed by atoms with Gasteiger partial charge in [0, 0.05) is 35.3 Å². The zero-order chi connectivity index (χ0) is 16.2. The molecule has 0 atom stereocenters. The van der Waals surface area contributed by atoms with Crippen molar-refractivity contribution in [2.75, 3.05) is 18.5 Å². The summed E-state index contributed by atoms with van der Waals surface area (Å²) in [6.07, 6.45) is 2.34. The second-order valence-corrected chi connectivity index (χ2v) is 5.84. The Morgan fingerprint density at radius 1 is 1.35 bits per heavy atom. The molecule has 0 bridgehead atoms. The number of hydrogen-bond acceptors (Lipinski definition) is 6. The van der Waals surface area contributed by atoms with E-state index in [9.17, 15) is 10.1 Å². The topological polar surface area (TPSA) is 86.5 Å². The summed E-state index contributed by atoms with van der Waals surface area (Å²) in [7, 11) is 0. The third-order valence-corrected chi connectivity index (χ3v) is 3.76. The molecule has 1 aromatic carbocycles. The molecule has 0 amide bonds. The standard InChI is InChI=1S/C15H14BrN3O4/c16-11-7-12(19(20)21)15(18-9-11)17-8-10-3-1-4-13-14(10)23-6-2-5-22-13/h1,3-4,7,9H,2,5-6,8H2,(H,17,18). The van der Waals surface area contributed by atoms with Crippen LogP contribution in [-0.2, 0) is 6.54 Å². The zero-order valence-electron chi connectivity index (χ0n) is 12.1. The van der Waals surface area contributed by atoms with Crippen LogP contribution in [0.1, 0.15) is 12.0 Å². The average molecular weight is 380 g/mol. The number of aromatic nitrogens is 1. The molecule has 0 radical (unpaired) electrons. The molecule has 0 saturated heterocycles. The van der Waals surface area contributed by atoms with Crippen LogP contribution in [0.5, 0.6) is 11.5 Å². The van der Waals surface area contributed by atoms with E-state index in [-0.39, 0.29) is 11.5 Å². The first-order valence-corrected chi connectivity index (χ1v) is 7.86. The number of nitrogens with one attached hydrogen (secondary N) is 1. The van der Waals surface area contributed by atoms with E-state index in [1.165, 1.54) is 12.3 Å². The number of fused-ring (bicyclic) bond motifs is 1. The molecule has 0 aliphatic carbocycles. The van der Waals surface area contributed by atoms with Gasteiger partial charge in [-0.2, -0.15) is 0 Å². The Balaban J connectivity index is 1.83. The van der Waals surface area contributed by atoms with E-state index in [0.29, 0.717) is 35.7 Å². The van der Waals surface area contributed by atoms with Crippen LogP contribution in [0, 0.1) is 10.1 Å². The normalized spacial score (nSPS) is 13.3. The minimum Gasteiger partial charge on any atom is -0.490 e. The van der Waals surface area contributed by atoms with Gasteiger partial charge in [0.25, 0.3) is 0 Å². The maximum Gasteiger partial charge on any atom is 0.312 e. The molecule has 3 rings (SSSR count). The van der Waals surface area contributed by atoms with Crippen LogP contribution in [0.3, 0.4) is 0 Å². The molecule has 2 heterocycles. The van der Waals surface area contributed by atoms with Crippen molar-refractivity contribution in [3.05, 3.63) is 50.6 Å². The summed E-state index contributed by atoms with van der Waals surface area (Å²) in [4.78, 5) is 14.7. The second kappa shape index (κ2) is 6.82. The van der Waals surface area contributed by atoms with E-state index < -0.39 is 4.92 Å². The van der Waals surface area contributed by atoms with Crippen molar-refractivity contribution in [2.45, 2.75) is 13.0 Å². The first-order chi connectivity index (χ1) is 11.1. The van der Waals surface area contributed by atoms with Gasteiger partial charge in [0.15, 0.2) is 11.5 Å². The lowest BCUT2D eigenvalue weighted by Gasteiger charge is -2.13. The second-order valence-electron chi connectivity index (χ2n) is 4.93. The highest BCUT2D eigenvalue weighted by Gasteiger charge is 2.18. The Labute approximate surface area is 140 Å². The van der Waals surface area contributed by atoms with Gasteiger partial charge in [-0.3, -0.25) is 10.1 Å². The average Bonchev–Trinajstić information content (AvgIpc) is 2.79. The van der Waals surface area contributed by atoms with Gasteiger partial charge in [0.05, 0.1) is 18.1 Å². The fraction of sp³-hybridized carbons (Fsp3) is 0.267. The minimum atomic E-state index is -0.467. The van der Waals surface area contributed by atoms with E-state index >= 15 is 0 Å². The molecule has 0 fully saturated rings. The molecule has 1 aromatic heterocycles. The molecular formula is C15H14BrN3O4. The third kappa shape index (κ3) is 3.53. The monoisotopic (exact) mass is 379 g/mol. The van der Waals surface area contributed by atoms with Gasteiger partial charge in [-0.25, -0.2) is 4.98 Å². The molecule has 0 spiro atoms. The number of benzene rings is 1. The number of nitro groups is 1. The zero-order valence-corrected chi connectivity index (χ0v) is 13.7. The van der Waals surface area contributed by atoms with Crippen LogP contribution in [0.25, 0.3) is 0 Å². The van der Waals surface area contributed by atoms with E-state index in [1.54, 1.807) is 0 Å². The lowest BCUT2D eigenvalue weighted by atomic mass is 10.2. The minimum absolute atomic E-state index is 0.0847. The number of nitrogens with zero attached hydrogens (tertiary/aromatic N) is 2. The van der Waals surface area contributed by atoms with Crippen molar-refractivity contribution in [1.29, 1.82) is 0 Å². The van der Waals surface area contributed by atoms with Gasteiger partial charge in [0.2, 0.25) is 5.82 Å². The quantitative estimate of drug-likeness (QED) is 0.645. The van der Waals surface area contributed by atoms with Crippen molar-refractivity contribution >= 4 is 27.4 Å². The number of rotatable bonds is 4. The first kappa shape index (κ1) is 15.5. The molecule has 2 aromatic rings. The number of anilines is 1. The van der Waals surface area contributed by atoms with Crippen LogP contribution >= 0.6 is 15.9 Å². The third-order valence-electron chi connectivity index (χ3n) is 3.33. The van der Waals surface area contributed by atoms with Gasteiger partial charge in [-0.15, -0.1) is 0 Å². The van der Waals surface area contributed by atoms with Crippen LogP contribution < -0.4 is 14.8 Å². The molecule has 0 unspecified atom stereocenters. The van der Waals surface area contributed by atoms with Crippen LogP contribution in [0.4, 0.5) is 11.5 Å². The first-order valence-electron chi connectivity index (χ1n) is 7.06. The summed E-state index contributed by atoms with van der Waals surface area (Å²) in [5, 5.41) is 14.1. The summed E-state index contributed by atoms with van der Waals surface area (Å²) in [5.41, 5.74) is 0.780. The van der Waals surface area contributed by atoms with E-state index in [1.807, 2.05) is 18.2 Å². The SMILES string of the molecule is O=[N+]([O-])c1cc(Br)cnc1NCc1cccc2c1OCCCO2. The molecule has 1 N–H and O–H groups in total. The highest BCUT2D eigenvalue weighted by atomic mass is 79.9. The lowest BCUT2D eigenvalue weighted by Crippen LogP contribution is -2.06. The van der Waals surface area contributed by atoms with Crippen molar-refractivity contribution < 1.29 is 14.4 Å². The van der Waals surface area contributed by atoms with Gasteiger partial charge in [-0.05, 0) is 22.0 Å². The Bertz CT molecular complexity index is 739. The van der Waals surface area contributed by atoms with E-state index in [2.05, 4.69) is 26.2 Å². The highest BCUT2D eigenvalue weighted by Crippen LogP contribution is 2.34. The Morgan fingerprint density at radius 2 is 2.17 bits per heavy atom. The summed E-state index contributed by atoms with van der Waals surface area (Å²) >= 11 is 3.19. The van der Waals surface area contributed by atoms with Gasteiger partial charge in [-0.1, -0.05) is 12.1 Å². The maximum absolute atomic E-state index is 11.1. The maximum atomic E-state index is 11.1. The Morgan fingerprint density at radius 3 is 3.00 bits per heavy atom. The fourth-order valence-corrected chi connectivity index (χ4v) is 2.60. The highest BCUT2D eigenvalue weighted by molar-refractivity contribution is 9.10. The van der Waals surface area contributed by atoms with E-state index in [4.69, 9.17) is 9.47 Å². The van der Waals surface area contributed by atoms with E-state index in [0.717, 1.165) is 12.0 Å². The molecule has 120 valence electrons. The van der Waals surface area contributed by atoms with Crippen molar-refractivity contribution in [3.63, 3.8) is 0 Å². The number of halogens is 1. The Hall–Kier alpha value is -2.35. The number of pyridine rings is 1. The van der Waals surface area contributed by atoms with Gasteiger partial charge in [0.1, 0.15) is 0 Å². The summed E-state index contributed by atoms with van der Waals surface area (Å²) in [6.45, 7) is 1.55. The predicted molar refractivity (Wildman–Crippen MR) is 88.0 cm³/mol. The summed E-state index contributed by atoms with van der Waals surface area (Å²) in [6, 6.07) is 7.03. The lowest BCUT2D eigenvalue weighted by molar-refractivity contribution is -0.384. The van der Waals surface area contributed by atoms with Crippen molar-refractivity contribution in [2.24, 2.45) is 0 Å². The summed E-state index contributed by atoms with van der Waals surface area (Å²) < 4.78 is 11.9. The van der Waals surface area contributed by atoms with Gasteiger partial charge >= 0.3 is 5.69 Å². The molecule has 1 aliphatic heterocycles. The molecule has 23 heavy (non-hydrogen) atoms. The molecular weight excluding hydrogens is 366 g/mol. The number of ether oxygens (including phenoxy) is 2. The fourth-order valence-electron chi connectivity index (χ4n) is 2.28. The molecule has 0 saturated carbocycles. The molecule has 8 heteroatoms. The smallest absolute Gasteiger partial charge is 0.312 e. The van der Waals surface area contributed by atoms with Crippen LogP contribution in [0.2, 0.25) is 0 Å². The van der Waals surface area contributed by atoms with Crippen LogP contribution in [0.15, 0.2) is 34.9 Å². The van der Waals surface area contributed by atoms with Crippen LogP contribution in [-0.4, -0.2) is 23.1 Å².